The summed E-state index contributed by atoms with van der Waals surface area (Å²) in [6.45, 7) is -0.00991. The third-order valence-electron chi connectivity index (χ3n) is 1.06. The highest BCUT2D eigenvalue weighted by atomic mass is 16.3. The Balaban J connectivity index is 2.61. The molecule has 0 aliphatic rings. The largest absolute Gasteiger partial charge is 0.377 e. The van der Waals surface area contributed by atoms with Crippen LogP contribution in [0.3, 0.4) is 0 Å². The van der Waals surface area contributed by atoms with Crippen molar-refractivity contribution in [1.82, 2.24) is 0 Å². The minimum atomic E-state index is -0.00991. The lowest BCUT2D eigenvalue weighted by molar-refractivity contribution is 0.325. The van der Waals surface area contributed by atoms with Gasteiger partial charge < -0.3 is 10.4 Å². The maximum absolute atomic E-state index is 8.41. The first-order valence-electron chi connectivity index (χ1n) is 2.83. The van der Waals surface area contributed by atoms with Crippen LogP contribution in [0.4, 0.5) is 5.69 Å². The first-order chi connectivity index (χ1) is 4.43. The van der Waals surface area contributed by atoms with E-state index >= 15 is 0 Å². The number of aliphatic hydroxyl groups excluding tert-OH is 1. The van der Waals surface area contributed by atoms with Crippen LogP contribution in [-0.4, -0.2) is 11.8 Å². The van der Waals surface area contributed by atoms with Gasteiger partial charge in [0.2, 0.25) is 0 Å². The second-order valence-electron chi connectivity index (χ2n) is 1.70. The lowest BCUT2D eigenvalue weighted by Crippen LogP contribution is -1.97. The molecule has 0 aromatic heterocycles. The van der Waals surface area contributed by atoms with Crippen LogP contribution in [-0.2, 0) is 0 Å². The van der Waals surface area contributed by atoms with Crippen LogP contribution >= 0.6 is 0 Å². The van der Waals surface area contributed by atoms with Gasteiger partial charge in [-0.15, -0.1) is 0 Å². The van der Waals surface area contributed by atoms with Crippen molar-refractivity contribution in [3.8, 4) is 0 Å². The quantitative estimate of drug-likeness (QED) is 0.576. The predicted molar refractivity (Wildman–Crippen MR) is 37.2 cm³/mol. The van der Waals surface area contributed by atoms with E-state index in [9.17, 15) is 0 Å². The molecule has 0 spiro atoms. The van der Waals surface area contributed by atoms with Gasteiger partial charge in [-0.25, -0.2) is 0 Å². The molecule has 0 saturated heterocycles. The number of hydrogen-bond donors (Lipinski definition) is 2. The lowest BCUT2D eigenvalue weighted by Gasteiger charge is -1.98. The molecule has 0 heterocycles. The van der Waals surface area contributed by atoms with Crippen molar-refractivity contribution in [3.63, 3.8) is 0 Å². The smallest absolute Gasteiger partial charge is 0.113 e. The topological polar surface area (TPSA) is 32.3 Å². The summed E-state index contributed by atoms with van der Waals surface area (Å²) < 4.78 is 0. The van der Waals surface area contributed by atoms with E-state index in [-0.39, 0.29) is 6.73 Å². The standard InChI is InChI=1S/C7H9NO/c9-6-8-7-4-2-1-3-5-7/h1-5,8-9H,6H2. The third kappa shape index (κ3) is 1.74. The van der Waals surface area contributed by atoms with Crippen LogP contribution in [0.2, 0.25) is 0 Å². The van der Waals surface area contributed by atoms with Crippen LogP contribution in [0.1, 0.15) is 0 Å². The summed E-state index contributed by atoms with van der Waals surface area (Å²) in [6.07, 6.45) is 0. The monoisotopic (exact) mass is 123 g/mol. The summed E-state index contributed by atoms with van der Waals surface area (Å²) in [6, 6.07) is 9.56. The van der Waals surface area contributed by atoms with Crippen molar-refractivity contribution < 1.29 is 5.11 Å². The summed E-state index contributed by atoms with van der Waals surface area (Å²) >= 11 is 0. The molecule has 1 rings (SSSR count). The number of benzene rings is 1. The molecule has 0 unspecified atom stereocenters. The highest BCUT2D eigenvalue weighted by Crippen LogP contribution is 2.02. The van der Waals surface area contributed by atoms with Gasteiger partial charge in [0.05, 0.1) is 0 Å². The molecule has 0 atom stereocenters. The van der Waals surface area contributed by atoms with Gasteiger partial charge in [-0.2, -0.15) is 0 Å². The third-order valence-corrected chi connectivity index (χ3v) is 1.06. The second-order valence-corrected chi connectivity index (χ2v) is 1.70. The van der Waals surface area contributed by atoms with E-state index in [4.69, 9.17) is 5.11 Å². The molecule has 0 bridgehead atoms. The van der Waals surface area contributed by atoms with Gasteiger partial charge in [-0.1, -0.05) is 18.2 Å². The number of hydrogen-bond acceptors (Lipinski definition) is 2. The first-order valence-corrected chi connectivity index (χ1v) is 2.83. The second kappa shape index (κ2) is 3.10. The number of anilines is 1. The van der Waals surface area contributed by atoms with E-state index in [0.29, 0.717) is 0 Å². The molecule has 1 aromatic rings. The van der Waals surface area contributed by atoms with Crippen LogP contribution in [0.25, 0.3) is 0 Å². The van der Waals surface area contributed by atoms with Gasteiger partial charge in [0, 0.05) is 5.69 Å². The zero-order chi connectivity index (χ0) is 6.53. The molecule has 0 fully saturated rings. The Morgan fingerprint density at radius 3 is 2.44 bits per heavy atom. The molecule has 0 aliphatic carbocycles. The summed E-state index contributed by atoms with van der Waals surface area (Å²) in [4.78, 5) is 0. The molecule has 2 N–H and O–H groups in total. The molecule has 0 aliphatic heterocycles. The fourth-order valence-corrected chi connectivity index (χ4v) is 0.647. The normalized spacial score (nSPS) is 9.00. The Bertz CT molecular complexity index is 162. The summed E-state index contributed by atoms with van der Waals surface area (Å²) in [5, 5.41) is 11.2. The van der Waals surface area contributed by atoms with Gasteiger partial charge in [-0.3, -0.25) is 0 Å². The zero-order valence-corrected chi connectivity index (χ0v) is 5.04. The first kappa shape index (κ1) is 6.11. The summed E-state index contributed by atoms with van der Waals surface area (Å²) in [5.74, 6) is 0. The van der Waals surface area contributed by atoms with Gasteiger partial charge in [0.25, 0.3) is 0 Å². The SMILES string of the molecule is OCNc1ccccc1. The van der Waals surface area contributed by atoms with Crippen molar-refractivity contribution in [1.29, 1.82) is 0 Å². The van der Waals surface area contributed by atoms with Crippen LogP contribution in [0.5, 0.6) is 0 Å². The van der Waals surface area contributed by atoms with Crippen LogP contribution < -0.4 is 5.32 Å². The molecule has 2 nitrogen and oxygen atoms in total. The van der Waals surface area contributed by atoms with E-state index in [1.807, 2.05) is 30.3 Å². The van der Waals surface area contributed by atoms with Crippen LogP contribution in [0, 0.1) is 0 Å². The molecular weight excluding hydrogens is 114 g/mol. The van der Waals surface area contributed by atoms with E-state index in [0.717, 1.165) is 5.69 Å². The fourth-order valence-electron chi connectivity index (χ4n) is 0.647. The summed E-state index contributed by atoms with van der Waals surface area (Å²) in [5.41, 5.74) is 0.944. The number of rotatable bonds is 2. The fraction of sp³-hybridized carbons (Fsp3) is 0.143. The van der Waals surface area contributed by atoms with Gasteiger partial charge in [0.1, 0.15) is 6.73 Å². The molecule has 9 heavy (non-hydrogen) atoms. The van der Waals surface area contributed by atoms with E-state index in [1.54, 1.807) is 0 Å². The van der Waals surface area contributed by atoms with Crippen molar-refractivity contribution in [2.45, 2.75) is 0 Å². The van der Waals surface area contributed by atoms with Gasteiger partial charge in [-0.05, 0) is 12.1 Å². The maximum Gasteiger partial charge on any atom is 0.113 e. The molecule has 1 aromatic carbocycles. The van der Waals surface area contributed by atoms with E-state index < -0.39 is 0 Å². The van der Waals surface area contributed by atoms with Crippen molar-refractivity contribution in [2.24, 2.45) is 0 Å². The molecule has 0 amide bonds. The average molecular weight is 123 g/mol. The summed E-state index contributed by atoms with van der Waals surface area (Å²) in [7, 11) is 0. The predicted octanol–water partition coefficient (Wildman–Crippen LogP) is 1.05. The Kier molecular flexibility index (Phi) is 2.10. The molecular formula is C7H9NO. The highest BCUT2D eigenvalue weighted by Gasteiger charge is 1.82. The van der Waals surface area contributed by atoms with E-state index in [1.165, 1.54) is 0 Å². The number of aliphatic hydroxyl groups is 1. The average Bonchev–Trinajstić information content (AvgIpc) is 1.91. The Morgan fingerprint density at radius 1 is 1.22 bits per heavy atom. The zero-order valence-electron chi connectivity index (χ0n) is 5.04. The molecule has 2 heteroatoms. The van der Waals surface area contributed by atoms with Crippen molar-refractivity contribution >= 4 is 5.69 Å². The molecule has 48 valence electrons. The minimum absolute atomic E-state index is 0.00991. The van der Waals surface area contributed by atoms with Crippen LogP contribution in [0.15, 0.2) is 30.3 Å². The maximum atomic E-state index is 8.41. The Labute approximate surface area is 54.1 Å². The molecule has 0 saturated carbocycles. The Morgan fingerprint density at radius 2 is 1.89 bits per heavy atom. The van der Waals surface area contributed by atoms with Gasteiger partial charge in [0.15, 0.2) is 0 Å². The highest BCUT2D eigenvalue weighted by molar-refractivity contribution is 5.41. The molecule has 0 radical (unpaired) electrons. The van der Waals surface area contributed by atoms with Gasteiger partial charge >= 0.3 is 0 Å². The minimum Gasteiger partial charge on any atom is -0.377 e. The van der Waals surface area contributed by atoms with Crippen molar-refractivity contribution in [2.75, 3.05) is 12.0 Å². The van der Waals surface area contributed by atoms with Crippen molar-refractivity contribution in [3.05, 3.63) is 30.3 Å². The number of nitrogens with one attached hydrogen (secondary N) is 1. The Hall–Kier alpha value is -1.02. The van der Waals surface area contributed by atoms with E-state index in [2.05, 4.69) is 5.32 Å². The lowest BCUT2D eigenvalue weighted by atomic mass is 10.3. The number of para-hydroxylation sites is 1.